The van der Waals surface area contributed by atoms with Gasteiger partial charge in [-0.15, -0.1) is 0 Å². The maximum absolute atomic E-state index is 11.1. The van der Waals surface area contributed by atoms with Gasteiger partial charge in [0.15, 0.2) is 0 Å². The van der Waals surface area contributed by atoms with Crippen molar-refractivity contribution in [1.29, 1.82) is 0 Å². The Morgan fingerprint density at radius 2 is 2.15 bits per heavy atom. The maximum atomic E-state index is 11.1. The molecule has 1 aliphatic heterocycles. The molecule has 1 heterocycles. The van der Waals surface area contributed by atoms with Gasteiger partial charge in [-0.1, -0.05) is 6.58 Å². The van der Waals surface area contributed by atoms with Crippen molar-refractivity contribution in [3.8, 4) is 0 Å². The van der Waals surface area contributed by atoms with Gasteiger partial charge < -0.3 is 24.6 Å². The molecule has 3 unspecified atom stereocenters. The Hall–Kier alpha value is -1.44. The van der Waals surface area contributed by atoms with Crippen LogP contribution in [-0.4, -0.2) is 61.2 Å². The first-order chi connectivity index (χ1) is 9.40. The predicted molar refractivity (Wildman–Crippen MR) is 69.9 cm³/mol. The molecule has 1 aliphatic rings. The molecule has 0 aromatic rings. The van der Waals surface area contributed by atoms with E-state index in [9.17, 15) is 14.7 Å². The Morgan fingerprint density at radius 1 is 1.50 bits per heavy atom. The van der Waals surface area contributed by atoms with E-state index in [1.54, 1.807) is 6.92 Å². The van der Waals surface area contributed by atoms with Crippen LogP contribution in [0.3, 0.4) is 0 Å². The lowest BCUT2D eigenvalue weighted by Crippen LogP contribution is -2.63. The molecule has 7 nitrogen and oxygen atoms in total. The molecule has 0 bridgehead atoms. The number of rotatable bonds is 5. The third-order valence-electron chi connectivity index (χ3n) is 3.16. The zero-order valence-corrected chi connectivity index (χ0v) is 11.9. The second kappa shape index (κ2) is 7.37. The zero-order valence-electron chi connectivity index (χ0n) is 11.9. The highest BCUT2D eigenvalue weighted by atomic mass is 16.6. The van der Waals surface area contributed by atoms with Crippen LogP contribution in [0, 0.1) is 0 Å². The van der Waals surface area contributed by atoms with E-state index in [0.29, 0.717) is 0 Å². The van der Waals surface area contributed by atoms with E-state index in [1.165, 1.54) is 14.0 Å². The van der Waals surface area contributed by atoms with Crippen molar-refractivity contribution in [3.05, 3.63) is 12.7 Å². The minimum Gasteiger partial charge on any atom is -0.460 e. The Kier molecular flexibility index (Phi) is 6.12. The summed E-state index contributed by atoms with van der Waals surface area (Å²) < 4.78 is 15.8. The standard InChI is InChI=1S/C13H21NO6/c1-5-10(16)19-6-9-13(18-4)12(17)11(7(2)20-9)14-8(3)15/h5,7,9,11-13,17H,1,6H2,2-4H3,(H,14,15)/t7?,9?,11-,12-,13?/m1/s1. The summed E-state index contributed by atoms with van der Waals surface area (Å²) in [4.78, 5) is 22.2. The lowest BCUT2D eigenvalue weighted by atomic mass is 9.93. The largest absolute Gasteiger partial charge is 0.460 e. The average molecular weight is 287 g/mol. The molecule has 1 fully saturated rings. The Bertz CT molecular complexity index is 372. The lowest BCUT2D eigenvalue weighted by molar-refractivity contribution is -0.204. The Morgan fingerprint density at radius 3 is 2.65 bits per heavy atom. The molecule has 0 aliphatic carbocycles. The predicted octanol–water partition coefficient (Wildman–Crippen LogP) is -0.616. The van der Waals surface area contributed by atoms with Crippen LogP contribution in [0.4, 0.5) is 0 Å². The second-order valence-electron chi connectivity index (χ2n) is 4.63. The van der Waals surface area contributed by atoms with Gasteiger partial charge in [0.1, 0.15) is 24.9 Å². The fourth-order valence-corrected chi connectivity index (χ4v) is 2.23. The topological polar surface area (TPSA) is 94.1 Å². The first-order valence-electron chi connectivity index (χ1n) is 6.33. The summed E-state index contributed by atoms with van der Waals surface area (Å²) in [5.41, 5.74) is 0. The van der Waals surface area contributed by atoms with Crippen molar-refractivity contribution >= 4 is 11.9 Å². The number of esters is 1. The highest BCUT2D eigenvalue weighted by Gasteiger charge is 2.44. The van der Waals surface area contributed by atoms with E-state index in [4.69, 9.17) is 14.2 Å². The number of hydrogen-bond donors (Lipinski definition) is 2. The number of carbonyl (C=O) groups excluding carboxylic acids is 2. The molecule has 1 amide bonds. The monoisotopic (exact) mass is 287 g/mol. The normalized spacial score (nSPS) is 33.3. The molecule has 5 atom stereocenters. The van der Waals surface area contributed by atoms with Crippen LogP contribution >= 0.6 is 0 Å². The molecule has 1 saturated heterocycles. The van der Waals surface area contributed by atoms with Gasteiger partial charge in [-0.3, -0.25) is 4.79 Å². The van der Waals surface area contributed by atoms with Crippen molar-refractivity contribution in [2.45, 2.75) is 44.3 Å². The summed E-state index contributed by atoms with van der Waals surface area (Å²) in [6, 6.07) is -0.580. The van der Waals surface area contributed by atoms with Crippen molar-refractivity contribution in [2.75, 3.05) is 13.7 Å². The van der Waals surface area contributed by atoms with Crippen LogP contribution in [0.1, 0.15) is 13.8 Å². The molecule has 114 valence electrons. The zero-order chi connectivity index (χ0) is 15.3. The molecule has 0 aromatic carbocycles. The van der Waals surface area contributed by atoms with Gasteiger partial charge in [0.2, 0.25) is 5.91 Å². The van der Waals surface area contributed by atoms with Crippen LogP contribution in [0.2, 0.25) is 0 Å². The third-order valence-corrected chi connectivity index (χ3v) is 3.16. The van der Waals surface area contributed by atoms with Gasteiger partial charge in [-0.25, -0.2) is 4.79 Å². The molecule has 1 rings (SSSR count). The number of aliphatic hydroxyl groups is 1. The van der Waals surface area contributed by atoms with Gasteiger partial charge in [0, 0.05) is 20.1 Å². The molecule has 0 saturated carbocycles. The quantitative estimate of drug-likeness (QED) is 0.517. The molecular formula is C13H21NO6. The highest BCUT2D eigenvalue weighted by molar-refractivity contribution is 5.81. The smallest absolute Gasteiger partial charge is 0.330 e. The van der Waals surface area contributed by atoms with Gasteiger partial charge >= 0.3 is 5.97 Å². The van der Waals surface area contributed by atoms with Gasteiger partial charge in [0.05, 0.1) is 12.1 Å². The molecule has 0 spiro atoms. The van der Waals surface area contributed by atoms with Crippen molar-refractivity contribution in [2.24, 2.45) is 0 Å². The van der Waals surface area contributed by atoms with E-state index < -0.39 is 36.4 Å². The van der Waals surface area contributed by atoms with Crippen LogP contribution in [0.5, 0.6) is 0 Å². The summed E-state index contributed by atoms with van der Waals surface area (Å²) >= 11 is 0. The van der Waals surface area contributed by atoms with E-state index in [2.05, 4.69) is 11.9 Å². The number of aliphatic hydroxyl groups excluding tert-OH is 1. The summed E-state index contributed by atoms with van der Waals surface area (Å²) in [6.45, 7) is 6.32. The number of nitrogens with one attached hydrogen (secondary N) is 1. The number of ether oxygens (including phenoxy) is 3. The summed E-state index contributed by atoms with van der Waals surface area (Å²) in [5, 5.41) is 12.9. The fraction of sp³-hybridized carbons (Fsp3) is 0.692. The van der Waals surface area contributed by atoms with Crippen LogP contribution in [0.25, 0.3) is 0 Å². The molecular weight excluding hydrogens is 266 g/mol. The second-order valence-corrected chi connectivity index (χ2v) is 4.63. The number of carbonyl (C=O) groups is 2. The molecule has 20 heavy (non-hydrogen) atoms. The van der Waals surface area contributed by atoms with Gasteiger partial charge in [0.25, 0.3) is 0 Å². The molecule has 2 N–H and O–H groups in total. The Balaban J connectivity index is 2.73. The van der Waals surface area contributed by atoms with Crippen LogP contribution in [0.15, 0.2) is 12.7 Å². The van der Waals surface area contributed by atoms with Crippen LogP contribution in [-0.2, 0) is 23.8 Å². The number of methoxy groups -OCH3 is 1. The minimum absolute atomic E-state index is 0.0580. The first kappa shape index (κ1) is 16.6. The molecule has 0 aromatic heterocycles. The van der Waals surface area contributed by atoms with E-state index in [-0.39, 0.29) is 12.5 Å². The van der Waals surface area contributed by atoms with Crippen molar-refractivity contribution in [3.63, 3.8) is 0 Å². The summed E-state index contributed by atoms with van der Waals surface area (Å²) in [7, 11) is 1.42. The highest BCUT2D eigenvalue weighted by Crippen LogP contribution is 2.23. The van der Waals surface area contributed by atoms with Crippen molar-refractivity contribution in [1.82, 2.24) is 5.32 Å². The first-order valence-corrected chi connectivity index (χ1v) is 6.33. The SMILES string of the molecule is C=CC(=O)OCC1OC(C)[C@@H](NC(C)=O)[C@@H](O)C1OC. The number of hydrogen-bond acceptors (Lipinski definition) is 6. The Labute approximate surface area is 117 Å². The average Bonchev–Trinajstić information content (AvgIpc) is 2.40. The van der Waals surface area contributed by atoms with Crippen LogP contribution < -0.4 is 5.32 Å². The maximum Gasteiger partial charge on any atom is 0.330 e. The third kappa shape index (κ3) is 4.03. The summed E-state index contributed by atoms with van der Waals surface area (Å²) in [5.74, 6) is -0.842. The van der Waals surface area contributed by atoms with Crippen molar-refractivity contribution < 1.29 is 28.9 Å². The lowest BCUT2D eigenvalue weighted by Gasteiger charge is -2.43. The molecule has 0 radical (unpaired) electrons. The number of amides is 1. The fourth-order valence-electron chi connectivity index (χ4n) is 2.23. The van der Waals surface area contributed by atoms with E-state index in [1.807, 2.05) is 0 Å². The van der Waals surface area contributed by atoms with E-state index in [0.717, 1.165) is 6.08 Å². The minimum atomic E-state index is -0.958. The summed E-state index contributed by atoms with van der Waals surface area (Å²) in [6.07, 6.45) is -1.67. The molecule has 7 heteroatoms. The van der Waals surface area contributed by atoms with E-state index >= 15 is 0 Å². The van der Waals surface area contributed by atoms with Gasteiger partial charge in [-0.2, -0.15) is 0 Å². The van der Waals surface area contributed by atoms with Gasteiger partial charge in [-0.05, 0) is 6.92 Å².